The van der Waals surface area contributed by atoms with Gasteiger partial charge in [0.2, 0.25) is 23.6 Å². The summed E-state index contributed by atoms with van der Waals surface area (Å²) in [5.74, 6) is -7.79. The Morgan fingerprint density at radius 3 is 0.913 bits per heavy atom. The summed E-state index contributed by atoms with van der Waals surface area (Å²) in [5.41, 5.74) is 6.37. The first-order valence-electron chi connectivity index (χ1n) is 40.6. The van der Waals surface area contributed by atoms with E-state index in [1.54, 1.807) is 19.1 Å². The fourth-order valence-electron chi connectivity index (χ4n) is 18.4. The maximum atomic E-state index is 14.9. The molecular weight excluding hydrogens is 1540 g/mol. The van der Waals surface area contributed by atoms with Gasteiger partial charge in [0.05, 0.1) is 42.6 Å². The van der Waals surface area contributed by atoms with Gasteiger partial charge < -0.3 is 29.4 Å². The van der Waals surface area contributed by atoms with Crippen molar-refractivity contribution in [3.05, 3.63) is 209 Å². The first-order valence-corrected chi connectivity index (χ1v) is 41.8. The molecule has 24 heteroatoms. The van der Waals surface area contributed by atoms with Gasteiger partial charge in [-0.3, -0.25) is 43.5 Å². The highest BCUT2D eigenvalue weighted by atomic mass is 35.5. The lowest BCUT2D eigenvalue weighted by molar-refractivity contribution is -0.142. The monoisotopic (exact) mass is 1650 g/mol. The number of halogens is 9. The zero-order valence-electron chi connectivity index (χ0n) is 68.5. The summed E-state index contributed by atoms with van der Waals surface area (Å²) in [4.78, 5) is 92.8. The summed E-state index contributed by atoms with van der Waals surface area (Å²) in [6.07, 6.45) is 5.54. The number of aliphatic carboxylic acids is 1. The molecule has 9 atom stereocenters. The molecule has 0 aliphatic carbocycles. The highest BCUT2D eigenvalue weighted by Gasteiger charge is 2.49. The van der Waals surface area contributed by atoms with Gasteiger partial charge in [-0.05, 0) is 250 Å². The Bertz CT molecular complexity index is 4520. The van der Waals surface area contributed by atoms with Gasteiger partial charge in [-0.1, -0.05) is 71.2 Å². The van der Waals surface area contributed by atoms with Crippen molar-refractivity contribution in [2.75, 3.05) is 98.7 Å². The molecule has 0 radical (unpaired) electrons. The number of esters is 1. The van der Waals surface area contributed by atoms with Crippen LogP contribution in [0, 0.1) is 52.7 Å². The predicted molar refractivity (Wildman–Crippen MR) is 438 cm³/mol. The minimum Gasteiger partial charge on any atom is -0.481 e. The van der Waals surface area contributed by atoms with Crippen molar-refractivity contribution in [3.8, 4) is 0 Å². The Hall–Kier alpha value is -7.53. The highest BCUT2D eigenvalue weighted by Crippen LogP contribution is 2.46. The number of carbonyl (C=O) groups is 6. The van der Waals surface area contributed by atoms with Crippen molar-refractivity contribution < 1.29 is 65.0 Å². The van der Waals surface area contributed by atoms with E-state index in [1.807, 2.05) is 75.9 Å². The fraction of sp³-hybridized carbons (Fsp3) is 0.538. The zero-order valence-corrected chi connectivity index (χ0v) is 70.8. The van der Waals surface area contributed by atoms with Gasteiger partial charge in [-0.2, -0.15) is 0 Å². The Kier molecular flexibility index (Phi) is 28.2. The van der Waals surface area contributed by atoms with Crippen LogP contribution in [0.1, 0.15) is 231 Å². The number of benzene rings is 6. The van der Waals surface area contributed by atoms with Crippen LogP contribution >= 0.6 is 34.8 Å². The second-order valence-electron chi connectivity index (χ2n) is 35.7. The number of nitrogens with zero attached hydrogens (tertiary/aromatic N) is 7. The van der Waals surface area contributed by atoms with Gasteiger partial charge in [0.15, 0.2) is 0 Å². The summed E-state index contributed by atoms with van der Waals surface area (Å²) in [5, 5.41) is 11.3. The molecule has 0 aromatic heterocycles. The third-order valence-corrected chi connectivity index (χ3v) is 26.3. The summed E-state index contributed by atoms with van der Waals surface area (Å²) in [6.45, 7) is 32.5. The van der Waals surface area contributed by atoms with E-state index < -0.39 is 70.5 Å². The maximum Gasteiger partial charge on any atom is 0.312 e. The Morgan fingerprint density at radius 2 is 0.661 bits per heavy atom. The Balaban J connectivity index is 0.000000170. The largest absolute Gasteiger partial charge is 0.481 e. The smallest absolute Gasteiger partial charge is 0.312 e. The topological polar surface area (TPSA) is 155 Å². The molecule has 7 fully saturated rings. The Labute approximate surface area is 689 Å². The molecule has 15 nitrogen and oxygen atoms in total. The normalized spacial score (nSPS) is 22.5. The summed E-state index contributed by atoms with van der Waals surface area (Å²) in [6, 6.07) is 27.9. The van der Waals surface area contributed by atoms with E-state index in [9.17, 15) is 60.2 Å². The third-order valence-electron chi connectivity index (χ3n) is 25.6. The number of ether oxygens (including phenoxy) is 1. The van der Waals surface area contributed by atoms with Crippen molar-refractivity contribution in [1.29, 1.82) is 0 Å². The quantitative estimate of drug-likeness (QED) is 0.0772. The van der Waals surface area contributed by atoms with Gasteiger partial charge in [-0.25, -0.2) is 26.3 Å². The van der Waals surface area contributed by atoms with Crippen molar-refractivity contribution >= 4 is 70.4 Å². The average molecular weight is 1650 g/mol. The van der Waals surface area contributed by atoms with Crippen LogP contribution in [0.4, 0.5) is 26.3 Å². The molecule has 622 valence electrons. The van der Waals surface area contributed by atoms with E-state index >= 15 is 0 Å². The van der Waals surface area contributed by atoms with Crippen LogP contribution < -0.4 is 0 Å². The molecule has 6 aromatic rings. The molecule has 7 aliphatic heterocycles. The lowest BCUT2D eigenvalue weighted by Crippen LogP contribution is -2.45. The molecule has 4 amide bonds. The van der Waals surface area contributed by atoms with Crippen molar-refractivity contribution in [3.63, 3.8) is 0 Å². The lowest BCUT2D eigenvalue weighted by atomic mass is 9.81. The second-order valence-corrected chi connectivity index (χ2v) is 37.0. The molecule has 1 N–H and O–H groups in total. The minimum atomic E-state index is -0.903. The van der Waals surface area contributed by atoms with Crippen LogP contribution in [0.15, 0.2) is 109 Å². The third kappa shape index (κ3) is 20.4. The Morgan fingerprint density at radius 1 is 0.383 bits per heavy atom. The molecule has 0 saturated carbocycles. The molecule has 7 saturated heterocycles. The SMILES string of the molecule is CC(C(=O)N1CCC1)c1cc(Cl)ccc1C1CCN(C(=O)[C@@H]2CN(C(C)(C)C)CC2c2ccc(F)cc2F)CC1.CC(C(=O)O)c1cc(Cl)ccc1C1CCN(C(=O)[C@@H]2CN(C(C)(C)C)CC2c2ccc(F)cc2F)CC1.COC(=O)C(C)c1cc(Cl)ccc1C1CCN(C(=O)[C@@H]2CN(C(C)(C)C)CC2c2ccc(F)cc2F)CC1. The van der Waals surface area contributed by atoms with E-state index in [-0.39, 0.29) is 87.6 Å². The minimum absolute atomic E-state index is 0.00541. The number of hydrogen-bond acceptors (Lipinski definition) is 10. The molecule has 0 bridgehead atoms. The van der Waals surface area contributed by atoms with E-state index in [0.717, 1.165) is 91.2 Å². The van der Waals surface area contributed by atoms with Crippen LogP contribution in [0.5, 0.6) is 0 Å². The number of hydrogen-bond donors (Lipinski definition) is 1. The maximum absolute atomic E-state index is 14.9. The molecule has 0 spiro atoms. The number of carbonyl (C=O) groups excluding carboxylic acids is 5. The van der Waals surface area contributed by atoms with Crippen LogP contribution in [-0.4, -0.2) is 190 Å². The van der Waals surface area contributed by atoms with E-state index in [0.29, 0.717) is 129 Å². The van der Waals surface area contributed by atoms with Crippen LogP contribution in [0.3, 0.4) is 0 Å². The van der Waals surface area contributed by atoms with E-state index in [2.05, 4.69) is 77.0 Å². The van der Waals surface area contributed by atoms with Gasteiger partial charge in [0.25, 0.3) is 0 Å². The molecule has 6 aromatic carbocycles. The van der Waals surface area contributed by atoms with Gasteiger partial charge in [0, 0.05) is 159 Å². The predicted octanol–water partition coefficient (Wildman–Crippen LogP) is 18.3. The van der Waals surface area contributed by atoms with Crippen molar-refractivity contribution in [1.82, 2.24) is 34.3 Å². The first kappa shape index (κ1) is 88.3. The standard InChI is InChI=1S/C32H40ClF2N3O2.C30H37ClF2N2O3.C29H35ClF2N2O3/c1-20(30(39)36-12-5-13-36)26-16-22(33)6-8-24(26)21-10-14-37(15-11-21)31(40)28-19-38(32(2,3)4)18-27(28)25-9-7-23(34)17-29(25)35;1-18(29(37)38-5)24-14-20(31)6-8-22(24)19-10-12-34(13-11-19)28(36)26-17-35(30(2,3)4)16-25(26)23-9-7-21(32)15-27(23)33;1-17(28(36)37)23-13-19(30)5-7-21(23)18-9-11-33(12-10-18)27(35)25-16-34(29(2,3)4)15-24(25)22-8-6-20(31)14-26(22)32/h6-9,16-17,20-21,27-28H,5,10-15,18-19H2,1-4H3;6-9,14-15,18-19,25-26H,10-13,16-17H2,1-5H3;5-8,13-14,17-18,24-25H,9-12,15-16H2,1-4H3,(H,36,37)/t20?,27?,28-;18?,25?,26-;17?,24?,25-/m111/s1. The van der Waals surface area contributed by atoms with E-state index in [1.165, 1.54) is 43.5 Å². The van der Waals surface area contributed by atoms with E-state index in [4.69, 9.17) is 39.5 Å². The van der Waals surface area contributed by atoms with Crippen LogP contribution in [0.25, 0.3) is 0 Å². The van der Waals surface area contributed by atoms with Crippen molar-refractivity contribution in [2.45, 2.75) is 198 Å². The number of carboxylic acid groups (broad SMARTS) is 1. The van der Waals surface area contributed by atoms with Gasteiger partial charge in [0.1, 0.15) is 34.9 Å². The molecule has 115 heavy (non-hydrogen) atoms. The number of likely N-dealkylation sites (tertiary alicyclic amines) is 7. The molecule has 13 rings (SSSR count). The summed E-state index contributed by atoms with van der Waals surface area (Å²) >= 11 is 18.8. The first-order chi connectivity index (χ1) is 54.2. The summed E-state index contributed by atoms with van der Waals surface area (Å²) in [7, 11) is 1.38. The van der Waals surface area contributed by atoms with Gasteiger partial charge in [-0.15, -0.1) is 0 Å². The number of rotatable bonds is 15. The van der Waals surface area contributed by atoms with Crippen molar-refractivity contribution in [2.24, 2.45) is 17.8 Å². The molecule has 7 heterocycles. The number of methoxy groups -OCH3 is 1. The highest BCUT2D eigenvalue weighted by molar-refractivity contribution is 6.31. The fourth-order valence-corrected chi connectivity index (χ4v) is 18.9. The number of amides is 4. The molecule has 7 aliphatic rings. The lowest BCUT2D eigenvalue weighted by Gasteiger charge is -2.37. The number of piperidine rings is 3. The second kappa shape index (κ2) is 36.8. The van der Waals surface area contributed by atoms with Gasteiger partial charge >= 0.3 is 11.9 Å². The zero-order chi connectivity index (χ0) is 83.6. The molecule has 6 unspecified atom stereocenters. The number of carboxylic acids is 1. The summed E-state index contributed by atoms with van der Waals surface area (Å²) < 4.78 is 90.4. The van der Waals surface area contributed by atoms with Crippen LogP contribution in [0.2, 0.25) is 15.1 Å². The molecular formula is C91H112Cl3F6N7O8. The average Bonchev–Trinajstić information content (AvgIpc) is 1.63. The van der Waals surface area contributed by atoms with Crippen LogP contribution in [-0.2, 0) is 33.5 Å².